The van der Waals surface area contributed by atoms with E-state index in [4.69, 9.17) is 4.74 Å². The molecule has 0 aliphatic rings. The van der Waals surface area contributed by atoms with Crippen LogP contribution in [-0.2, 0) is 27.5 Å². The van der Waals surface area contributed by atoms with E-state index in [1.165, 1.54) is 43.5 Å². The maximum absolute atomic E-state index is 13.4. The monoisotopic (exact) mass is 519 g/mol. The zero-order valence-electron chi connectivity index (χ0n) is 20.3. The molecule has 3 aromatic carbocycles. The molecule has 0 saturated carbocycles. The summed E-state index contributed by atoms with van der Waals surface area (Å²) in [7, 11) is 0. The van der Waals surface area contributed by atoms with Crippen molar-refractivity contribution in [1.82, 2.24) is 4.57 Å². The second-order valence-corrected chi connectivity index (χ2v) is 8.33. The summed E-state index contributed by atoms with van der Waals surface area (Å²) in [5.74, 6) is -3.42. The molecule has 1 heterocycles. The van der Waals surface area contributed by atoms with Crippen molar-refractivity contribution in [3.8, 4) is 5.75 Å². The van der Waals surface area contributed by atoms with E-state index in [9.17, 15) is 28.3 Å². The number of aromatic nitrogens is 1. The highest BCUT2D eigenvalue weighted by Gasteiger charge is 2.18. The lowest BCUT2D eigenvalue weighted by Gasteiger charge is -2.15. The fourth-order valence-electron chi connectivity index (χ4n) is 3.78. The van der Waals surface area contributed by atoms with Gasteiger partial charge in [0.2, 0.25) is 0 Å². The Morgan fingerprint density at radius 2 is 1.58 bits per heavy atom. The molecule has 0 fully saturated rings. The largest absolute Gasteiger partial charge is 0.507 e. The molecule has 0 amide bonds. The smallest absolute Gasteiger partial charge is 0.379 e. The van der Waals surface area contributed by atoms with E-state index in [2.05, 4.69) is 4.74 Å². The quantitative estimate of drug-likeness (QED) is 0.146. The molecule has 1 aromatic heterocycles. The Bertz CT molecular complexity index is 1570. The first-order valence-electron chi connectivity index (χ1n) is 11.7. The van der Waals surface area contributed by atoms with Gasteiger partial charge < -0.3 is 19.1 Å². The number of ether oxygens (including phenoxy) is 2. The average molecular weight is 520 g/mol. The standard InChI is InChI=1S/C29H23F2NO6/c1-2-37-29(36)27(34)14-26(33)24-16-32(15-18-3-7-20(30)8-4-18)25-12-11-22(13-23(25)28(24)35)38-17-19-5-9-21(31)10-6-19/h3-14,16,33H,2,15,17H2,1H3/b26-14-. The Morgan fingerprint density at radius 3 is 2.21 bits per heavy atom. The van der Waals surface area contributed by atoms with Crippen molar-refractivity contribution in [2.24, 2.45) is 0 Å². The molecule has 38 heavy (non-hydrogen) atoms. The van der Waals surface area contributed by atoms with Crippen LogP contribution < -0.4 is 10.2 Å². The third-order valence-electron chi connectivity index (χ3n) is 5.66. The molecule has 4 aromatic rings. The number of ketones is 1. The second-order valence-electron chi connectivity index (χ2n) is 8.33. The summed E-state index contributed by atoms with van der Waals surface area (Å²) in [6.45, 7) is 1.83. The van der Waals surface area contributed by atoms with E-state index in [1.54, 1.807) is 41.0 Å². The number of pyridine rings is 1. The highest BCUT2D eigenvalue weighted by atomic mass is 19.1. The van der Waals surface area contributed by atoms with E-state index in [-0.39, 0.29) is 36.5 Å². The summed E-state index contributed by atoms with van der Waals surface area (Å²) in [5, 5.41) is 10.8. The Kier molecular flexibility index (Phi) is 7.96. The molecule has 1 N–H and O–H groups in total. The van der Waals surface area contributed by atoms with Crippen LogP contribution in [0.2, 0.25) is 0 Å². The summed E-state index contributed by atoms with van der Waals surface area (Å²) in [6.07, 6.45) is 2.00. The molecular weight excluding hydrogens is 496 g/mol. The zero-order chi connectivity index (χ0) is 27.2. The van der Waals surface area contributed by atoms with Crippen LogP contribution in [0.3, 0.4) is 0 Å². The summed E-state index contributed by atoms with van der Waals surface area (Å²) < 4.78 is 38.7. The van der Waals surface area contributed by atoms with Crippen molar-refractivity contribution >= 4 is 28.4 Å². The first kappa shape index (κ1) is 26.3. The Hall–Kier alpha value is -4.79. The van der Waals surface area contributed by atoms with Gasteiger partial charge in [-0.1, -0.05) is 24.3 Å². The molecule has 0 unspecified atom stereocenters. The minimum Gasteiger partial charge on any atom is -0.507 e. The predicted octanol–water partition coefficient (Wildman–Crippen LogP) is 4.94. The summed E-state index contributed by atoms with van der Waals surface area (Å²) >= 11 is 0. The third kappa shape index (κ3) is 6.12. The van der Waals surface area contributed by atoms with Gasteiger partial charge in [-0.25, -0.2) is 13.6 Å². The number of aliphatic hydroxyl groups excluding tert-OH is 1. The number of hydrogen-bond donors (Lipinski definition) is 1. The van der Waals surface area contributed by atoms with Gasteiger partial charge in [-0.3, -0.25) is 9.59 Å². The van der Waals surface area contributed by atoms with Gasteiger partial charge in [-0.05, 0) is 60.5 Å². The van der Waals surface area contributed by atoms with E-state index in [0.717, 1.165) is 0 Å². The Labute approximate surface area is 216 Å². The van der Waals surface area contributed by atoms with Crippen LogP contribution in [0.15, 0.2) is 83.8 Å². The number of carbonyl (C=O) groups is 2. The average Bonchev–Trinajstić information content (AvgIpc) is 2.91. The second kappa shape index (κ2) is 11.5. The number of rotatable bonds is 9. The van der Waals surface area contributed by atoms with E-state index in [1.807, 2.05) is 0 Å². The van der Waals surface area contributed by atoms with Crippen LogP contribution in [0.25, 0.3) is 16.7 Å². The van der Waals surface area contributed by atoms with Crippen molar-refractivity contribution in [1.29, 1.82) is 0 Å². The molecule has 0 saturated heterocycles. The molecule has 0 spiro atoms. The van der Waals surface area contributed by atoms with Crippen molar-refractivity contribution in [3.63, 3.8) is 0 Å². The molecule has 7 nitrogen and oxygen atoms in total. The molecule has 4 rings (SSSR count). The molecule has 194 valence electrons. The summed E-state index contributed by atoms with van der Waals surface area (Å²) in [4.78, 5) is 37.2. The van der Waals surface area contributed by atoms with Gasteiger partial charge in [0.25, 0.3) is 5.78 Å². The lowest BCUT2D eigenvalue weighted by Crippen LogP contribution is -2.18. The SMILES string of the molecule is CCOC(=O)C(=O)/C=C(\O)c1cn(Cc2ccc(F)cc2)c2ccc(OCc3ccc(F)cc3)cc2c1=O. The fourth-order valence-corrected chi connectivity index (χ4v) is 3.78. The Balaban J connectivity index is 1.76. The number of halogens is 2. The van der Waals surface area contributed by atoms with E-state index >= 15 is 0 Å². The lowest BCUT2D eigenvalue weighted by atomic mass is 10.1. The number of carbonyl (C=O) groups excluding carboxylic acids is 2. The van der Waals surface area contributed by atoms with Gasteiger partial charge in [0.05, 0.1) is 23.1 Å². The molecule has 0 aliphatic heterocycles. The highest BCUT2D eigenvalue weighted by Crippen LogP contribution is 2.23. The van der Waals surface area contributed by atoms with Crippen molar-refractivity contribution in [3.05, 3.63) is 118 Å². The molecule has 0 bridgehead atoms. The topological polar surface area (TPSA) is 94.8 Å². The lowest BCUT2D eigenvalue weighted by molar-refractivity contribution is -0.151. The summed E-state index contributed by atoms with van der Waals surface area (Å²) in [6, 6.07) is 16.4. The number of benzene rings is 3. The minimum atomic E-state index is -1.16. The molecule has 0 atom stereocenters. The predicted molar refractivity (Wildman–Crippen MR) is 137 cm³/mol. The number of hydrogen-bond acceptors (Lipinski definition) is 6. The van der Waals surface area contributed by atoms with Crippen LogP contribution in [0, 0.1) is 11.6 Å². The van der Waals surface area contributed by atoms with Gasteiger partial charge in [0.15, 0.2) is 5.43 Å². The zero-order valence-corrected chi connectivity index (χ0v) is 20.3. The first-order valence-corrected chi connectivity index (χ1v) is 11.7. The minimum absolute atomic E-state index is 0.0275. The van der Waals surface area contributed by atoms with Crippen LogP contribution in [0.4, 0.5) is 8.78 Å². The molecule has 0 aliphatic carbocycles. The van der Waals surface area contributed by atoms with E-state index in [0.29, 0.717) is 28.5 Å². The normalized spacial score (nSPS) is 11.4. The van der Waals surface area contributed by atoms with Crippen LogP contribution in [0.1, 0.15) is 23.6 Å². The van der Waals surface area contributed by atoms with Crippen molar-refractivity contribution in [2.45, 2.75) is 20.1 Å². The van der Waals surface area contributed by atoms with Crippen molar-refractivity contribution in [2.75, 3.05) is 6.61 Å². The fraction of sp³-hybridized carbons (Fsp3) is 0.138. The van der Waals surface area contributed by atoms with Crippen LogP contribution in [-0.4, -0.2) is 28.0 Å². The number of fused-ring (bicyclic) bond motifs is 1. The number of aliphatic hydroxyl groups is 1. The van der Waals surface area contributed by atoms with Gasteiger partial charge in [-0.2, -0.15) is 0 Å². The van der Waals surface area contributed by atoms with Crippen LogP contribution >= 0.6 is 0 Å². The van der Waals surface area contributed by atoms with E-state index < -0.39 is 28.8 Å². The summed E-state index contributed by atoms with van der Waals surface area (Å²) in [5.41, 5.74) is 1.08. The molecule has 0 radical (unpaired) electrons. The van der Waals surface area contributed by atoms with Gasteiger partial charge >= 0.3 is 5.97 Å². The number of esters is 1. The van der Waals surface area contributed by atoms with Gasteiger partial charge in [0, 0.05) is 18.8 Å². The van der Waals surface area contributed by atoms with Crippen molar-refractivity contribution < 1.29 is 33.0 Å². The molecular formula is C29H23F2NO6. The maximum Gasteiger partial charge on any atom is 0.379 e. The first-order chi connectivity index (χ1) is 18.2. The Morgan fingerprint density at radius 1 is 0.947 bits per heavy atom. The third-order valence-corrected chi connectivity index (χ3v) is 5.66. The highest BCUT2D eigenvalue weighted by molar-refractivity contribution is 6.39. The van der Waals surface area contributed by atoms with Crippen LogP contribution in [0.5, 0.6) is 5.75 Å². The van der Waals surface area contributed by atoms with Gasteiger partial charge in [-0.15, -0.1) is 0 Å². The maximum atomic E-state index is 13.4. The molecule has 9 heteroatoms. The number of nitrogens with zero attached hydrogens (tertiary/aromatic N) is 1. The van der Waals surface area contributed by atoms with Gasteiger partial charge in [0.1, 0.15) is 29.8 Å².